The van der Waals surface area contributed by atoms with Gasteiger partial charge in [0.15, 0.2) is 0 Å². The minimum Gasteiger partial charge on any atom is -0.383 e. The fraction of sp³-hybridized carbons (Fsp3) is 0.333. The minimum atomic E-state index is -1.12. The quantitative estimate of drug-likeness (QED) is 0.750. The van der Waals surface area contributed by atoms with Gasteiger partial charge in [-0.2, -0.15) is 0 Å². The lowest BCUT2D eigenvalue weighted by molar-refractivity contribution is -0.121. The second-order valence-corrected chi connectivity index (χ2v) is 7.03. The third-order valence-electron chi connectivity index (χ3n) is 3.58. The van der Waals surface area contributed by atoms with Crippen LogP contribution in [0.25, 0.3) is 0 Å². The molecule has 0 aliphatic rings. The third-order valence-corrected chi connectivity index (χ3v) is 4.70. The van der Waals surface area contributed by atoms with Gasteiger partial charge in [-0.25, -0.2) is 0 Å². The fourth-order valence-electron chi connectivity index (χ4n) is 2.37. The highest BCUT2D eigenvalue weighted by Gasteiger charge is 2.24. The van der Waals surface area contributed by atoms with E-state index in [2.05, 4.69) is 10.6 Å². The number of aryl methyl sites for hydroxylation is 2. The van der Waals surface area contributed by atoms with Crippen molar-refractivity contribution >= 4 is 23.2 Å². The molecule has 0 aliphatic heterocycles. The summed E-state index contributed by atoms with van der Waals surface area (Å²) in [6.07, 6.45) is 0. The Morgan fingerprint density at radius 1 is 1.17 bits per heavy atom. The molecule has 1 aromatic heterocycles. The molecule has 1 aromatic carbocycles. The molecule has 0 aliphatic carbocycles. The molecule has 128 valence electrons. The third kappa shape index (κ3) is 4.91. The second-order valence-electron chi connectivity index (χ2n) is 6.09. The molecule has 24 heavy (non-hydrogen) atoms. The highest BCUT2D eigenvalue weighted by Crippen LogP contribution is 2.24. The summed E-state index contributed by atoms with van der Waals surface area (Å²) in [5, 5.41) is 17.5. The molecule has 2 aromatic rings. The van der Waals surface area contributed by atoms with E-state index in [0.717, 1.165) is 16.0 Å². The van der Waals surface area contributed by atoms with Crippen molar-refractivity contribution < 1.29 is 14.7 Å². The first-order valence-electron chi connectivity index (χ1n) is 7.67. The molecule has 6 heteroatoms. The predicted molar refractivity (Wildman–Crippen MR) is 95.1 cm³/mol. The number of thiophene rings is 1. The minimum absolute atomic E-state index is 0.0891. The summed E-state index contributed by atoms with van der Waals surface area (Å²) in [6, 6.07) is 9.21. The van der Waals surface area contributed by atoms with Gasteiger partial charge in [0, 0.05) is 10.4 Å². The number of aliphatic hydroxyl groups is 1. The van der Waals surface area contributed by atoms with Crippen molar-refractivity contribution in [3.05, 3.63) is 57.3 Å². The average molecular weight is 346 g/mol. The largest absolute Gasteiger partial charge is 0.383 e. The van der Waals surface area contributed by atoms with E-state index in [4.69, 9.17) is 0 Å². The van der Waals surface area contributed by atoms with Gasteiger partial charge in [0.25, 0.3) is 5.91 Å². The number of carbonyl (C=O) groups is 2. The first-order valence-corrected chi connectivity index (χ1v) is 8.55. The lowest BCUT2D eigenvalue weighted by atomic mass is 10.1. The monoisotopic (exact) mass is 346 g/mol. The molecule has 2 rings (SSSR count). The van der Waals surface area contributed by atoms with Crippen molar-refractivity contribution in [2.45, 2.75) is 26.4 Å². The SMILES string of the molecule is Cc1cc(C)cc(C(=O)NCC(=O)NCC(C)(O)c2cccs2)c1. The number of amides is 2. The molecule has 0 fully saturated rings. The van der Waals surface area contributed by atoms with Crippen LogP contribution in [0.4, 0.5) is 0 Å². The van der Waals surface area contributed by atoms with Gasteiger partial charge in [0.2, 0.25) is 5.91 Å². The van der Waals surface area contributed by atoms with E-state index >= 15 is 0 Å². The zero-order valence-corrected chi connectivity index (χ0v) is 14.9. The Morgan fingerprint density at radius 3 is 2.42 bits per heavy atom. The normalized spacial score (nSPS) is 13.2. The van der Waals surface area contributed by atoms with Gasteiger partial charge >= 0.3 is 0 Å². The van der Waals surface area contributed by atoms with Crippen LogP contribution in [0, 0.1) is 13.8 Å². The van der Waals surface area contributed by atoms with Crippen molar-refractivity contribution in [1.82, 2.24) is 10.6 Å². The van der Waals surface area contributed by atoms with E-state index in [1.807, 2.05) is 37.4 Å². The maximum atomic E-state index is 12.1. The summed E-state index contributed by atoms with van der Waals surface area (Å²) in [5.74, 6) is -0.633. The van der Waals surface area contributed by atoms with Crippen LogP contribution >= 0.6 is 11.3 Å². The smallest absolute Gasteiger partial charge is 0.251 e. The molecule has 1 heterocycles. The van der Waals surface area contributed by atoms with Gasteiger partial charge in [0.05, 0.1) is 13.1 Å². The van der Waals surface area contributed by atoms with E-state index in [0.29, 0.717) is 5.56 Å². The summed E-state index contributed by atoms with van der Waals surface area (Å²) in [5.41, 5.74) is 1.40. The predicted octanol–water partition coefficient (Wildman–Crippen LogP) is 2.12. The Bertz CT molecular complexity index is 704. The Hall–Kier alpha value is -2.18. The van der Waals surface area contributed by atoms with Gasteiger partial charge < -0.3 is 15.7 Å². The molecule has 5 nitrogen and oxygen atoms in total. The van der Waals surface area contributed by atoms with Crippen molar-refractivity contribution in [3.63, 3.8) is 0 Å². The number of carbonyl (C=O) groups excluding carboxylic acids is 2. The topological polar surface area (TPSA) is 78.4 Å². The Kier molecular flexibility index (Phi) is 5.75. The number of hydrogen-bond donors (Lipinski definition) is 3. The molecule has 1 unspecified atom stereocenters. The number of nitrogens with one attached hydrogen (secondary N) is 2. The summed E-state index contributed by atoms with van der Waals surface area (Å²) >= 11 is 1.43. The molecule has 0 radical (unpaired) electrons. The van der Waals surface area contributed by atoms with Crippen LogP contribution in [0.2, 0.25) is 0 Å². The van der Waals surface area contributed by atoms with Gasteiger partial charge in [-0.3, -0.25) is 9.59 Å². The molecule has 0 saturated heterocycles. The highest BCUT2D eigenvalue weighted by molar-refractivity contribution is 7.10. The van der Waals surface area contributed by atoms with Crippen molar-refractivity contribution in [2.75, 3.05) is 13.1 Å². The van der Waals surface area contributed by atoms with Crippen LogP contribution in [0.3, 0.4) is 0 Å². The van der Waals surface area contributed by atoms with Gasteiger partial charge in [-0.05, 0) is 44.4 Å². The first-order chi connectivity index (χ1) is 11.3. The summed E-state index contributed by atoms with van der Waals surface area (Å²) in [7, 11) is 0. The van der Waals surface area contributed by atoms with Crippen molar-refractivity contribution in [3.8, 4) is 0 Å². The van der Waals surface area contributed by atoms with Crippen LogP contribution in [-0.2, 0) is 10.4 Å². The summed E-state index contributed by atoms with van der Waals surface area (Å²) in [6.45, 7) is 5.44. The zero-order valence-electron chi connectivity index (χ0n) is 14.1. The molecule has 0 bridgehead atoms. The fourth-order valence-corrected chi connectivity index (χ4v) is 3.16. The van der Waals surface area contributed by atoms with Crippen LogP contribution in [0.5, 0.6) is 0 Å². The standard InChI is InChI=1S/C18H22N2O3S/c1-12-7-13(2)9-14(8-12)17(22)19-10-16(21)20-11-18(3,23)15-5-4-6-24-15/h4-9,23H,10-11H2,1-3H3,(H,19,22)(H,20,21). The molecule has 0 spiro atoms. The van der Waals surface area contributed by atoms with Crippen LogP contribution in [0.1, 0.15) is 33.3 Å². The number of rotatable bonds is 6. The van der Waals surface area contributed by atoms with E-state index in [1.165, 1.54) is 11.3 Å². The van der Waals surface area contributed by atoms with Gasteiger partial charge in [-0.1, -0.05) is 23.3 Å². The molecule has 3 N–H and O–H groups in total. The first kappa shape index (κ1) is 18.2. The molecule has 1 atom stereocenters. The van der Waals surface area contributed by atoms with Crippen LogP contribution in [0.15, 0.2) is 35.7 Å². The Balaban J connectivity index is 1.83. The summed E-state index contributed by atoms with van der Waals surface area (Å²) in [4.78, 5) is 24.8. The van der Waals surface area contributed by atoms with Gasteiger partial charge in [0.1, 0.15) is 5.60 Å². The maximum Gasteiger partial charge on any atom is 0.251 e. The number of hydrogen-bond acceptors (Lipinski definition) is 4. The second kappa shape index (κ2) is 7.59. The zero-order chi connectivity index (χ0) is 17.7. The van der Waals surface area contributed by atoms with Crippen LogP contribution in [-0.4, -0.2) is 30.0 Å². The van der Waals surface area contributed by atoms with E-state index < -0.39 is 5.60 Å². The Morgan fingerprint density at radius 2 is 1.83 bits per heavy atom. The molecule has 2 amide bonds. The lowest BCUT2D eigenvalue weighted by Gasteiger charge is -2.22. The molecular weight excluding hydrogens is 324 g/mol. The molecular formula is C18H22N2O3S. The van der Waals surface area contributed by atoms with E-state index in [1.54, 1.807) is 19.1 Å². The van der Waals surface area contributed by atoms with Crippen molar-refractivity contribution in [2.24, 2.45) is 0 Å². The highest BCUT2D eigenvalue weighted by atomic mass is 32.1. The van der Waals surface area contributed by atoms with E-state index in [9.17, 15) is 14.7 Å². The van der Waals surface area contributed by atoms with E-state index in [-0.39, 0.29) is 24.9 Å². The summed E-state index contributed by atoms with van der Waals surface area (Å²) < 4.78 is 0. The van der Waals surface area contributed by atoms with Crippen molar-refractivity contribution in [1.29, 1.82) is 0 Å². The lowest BCUT2D eigenvalue weighted by Crippen LogP contribution is -2.43. The molecule has 0 saturated carbocycles. The average Bonchev–Trinajstić information content (AvgIpc) is 3.05. The van der Waals surface area contributed by atoms with Crippen LogP contribution < -0.4 is 10.6 Å². The Labute approximate surface area is 145 Å². The maximum absolute atomic E-state index is 12.1. The van der Waals surface area contributed by atoms with Gasteiger partial charge in [-0.15, -0.1) is 11.3 Å². The number of benzene rings is 1.